The summed E-state index contributed by atoms with van der Waals surface area (Å²) in [4.78, 5) is 23.0. The van der Waals surface area contributed by atoms with Gasteiger partial charge in [-0.15, -0.1) is 0 Å². The number of nitrogen functional groups attached to an aromatic ring is 1. The van der Waals surface area contributed by atoms with E-state index in [-0.39, 0.29) is 12.0 Å². The van der Waals surface area contributed by atoms with E-state index >= 15 is 0 Å². The number of hydrogen-bond donors (Lipinski definition) is 2. The molecule has 1 aliphatic heterocycles. The number of carbonyl (C=O) groups is 1. The number of benzene rings is 1. The lowest BCUT2D eigenvalue weighted by molar-refractivity contribution is 0.179. The first-order valence-corrected chi connectivity index (χ1v) is 11.0. The Balaban J connectivity index is 1.63. The number of fused-ring (bicyclic) bond motifs is 1. The van der Waals surface area contributed by atoms with Gasteiger partial charge in [0.2, 0.25) is 5.95 Å². The maximum Gasteiger partial charge on any atom is 0.318 e. The molecule has 1 aromatic carbocycles. The van der Waals surface area contributed by atoms with E-state index in [2.05, 4.69) is 20.4 Å². The summed E-state index contributed by atoms with van der Waals surface area (Å²) in [5.41, 5.74) is 8.48. The summed E-state index contributed by atoms with van der Waals surface area (Å²) in [6.07, 6.45) is 3.55. The monoisotopic (exact) mass is 491 g/mol. The van der Waals surface area contributed by atoms with Gasteiger partial charge >= 0.3 is 6.03 Å². The van der Waals surface area contributed by atoms with Crippen LogP contribution in [-0.2, 0) is 24.4 Å². The summed E-state index contributed by atoms with van der Waals surface area (Å²) in [6, 6.07) is 4.91. The summed E-state index contributed by atoms with van der Waals surface area (Å²) in [6.45, 7) is 2.30. The molecule has 0 spiro atoms. The number of ether oxygens (including phenoxy) is 2. The van der Waals surface area contributed by atoms with E-state index in [1.54, 1.807) is 35.0 Å². The molecule has 2 amide bonds. The molecule has 12 heteroatoms. The first-order valence-electron chi connectivity index (χ1n) is 10.2. The Bertz CT molecular complexity index is 1140. The Morgan fingerprint density at radius 1 is 1.24 bits per heavy atom. The van der Waals surface area contributed by atoms with Crippen molar-refractivity contribution in [1.82, 2.24) is 30.0 Å². The lowest BCUT2D eigenvalue weighted by Gasteiger charge is -2.17. The number of urea groups is 1. The van der Waals surface area contributed by atoms with Crippen LogP contribution in [0.2, 0.25) is 10.0 Å². The molecule has 0 fully saturated rings. The van der Waals surface area contributed by atoms with Crippen molar-refractivity contribution in [2.75, 3.05) is 32.6 Å². The third-order valence-electron chi connectivity index (χ3n) is 5.06. The standard InChI is InChI=1S/C21H23Cl2N7O3/c1-32-7-4-25-21(31)29-11-14-16(12-29)27-20(24)28-19(14)18-15(23)9-13(22)10-17(18)33-8-6-30-5-2-3-26-30/h2-3,5,9-10H,4,6-8,11-12H2,1H3,(H,25,31)(H2,24,27,28). The number of nitrogens with zero attached hydrogens (tertiary/aromatic N) is 5. The van der Waals surface area contributed by atoms with Gasteiger partial charge in [0.1, 0.15) is 12.4 Å². The topological polar surface area (TPSA) is 120 Å². The van der Waals surface area contributed by atoms with Crippen LogP contribution in [0.5, 0.6) is 5.75 Å². The molecule has 0 saturated carbocycles. The van der Waals surface area contributed by atoms with Gasteiger partial charge in [-0.3, -0.25) is 4.68 Å². The van der Waals surface area contributed by atoms with Crippen LogP contribution in [0.1, 0.15) is 11.3 Å². The number of halogens is 2. The van der Waals surface area contributed by atoms with Crippen molar-refractivity contribution in [3.63, 3.8) is 0 Å². The molecule has 10 nitrogen and oxygen atoms in total. The highest BCUT2D eigenvalue weighted by Gasteiger charge is 2.30. The Kier molecular flexibility index (Phi) is 7.17. The molecule has 0 aliphatic carbocycles. The van der Waals surface area contributed by atoms with Gasteiger partial charge in [-0.2, -0.15) is 5.10 Å². The summed E-state index contributed by atoms with van der Waals surface area (Å²) < 4.78 is 12.8. The molecule has 0 atom stereocenters. The number of carbonyl (C=O) groups excluding carboxylic acids is 1. The minimum absolute atomic E-state index is 0.0823. The van der Waals surface area contributed by atoms with Crippen molar-refractivity contribution in [3.05, 3.63) is 51.9 Å². The number of hydrogen-bond acceptors (Lipinski definition) is 7. The first kappa shape index (κ1) is 23.1. The van der Waals surface area contributed by atoms with Gasteiger partial charge < -0.3 is 25.4 Å². The lowest BCUT2D eigenvalue weighted by atomic mass is 10.0. The zero-order chi connectivity index (χ0) is 23.4. The van der Waals surface area contributed by atoms with Crippen molar-refractivity contribution in [3.8, 4) is 17.0 Å². The SMILES string of the molecule is COCCNC(=O)N1Cc2nc(N)nc(-c3c(Cl)cc(Cl)cc3OCCn3cccn3)c2C1. The number of rotatable bonds is 8. The van der Waals surface area contributed by atoms with E-state index in [0.717, 1.165) is 5.56 Å². The Morgan fingerprint density at radius 2 is 2.09 bits per heavy atom. The molecular weight excluding hydrogens is 469 g/mol. The quantitative estimate of drug-likeness (QED) is 0.464. The molecule has 4 rings (SSSR count). The fourth-order valence-electron chi connectivity index (χ4n) is 3.57. The Labute approximate surface area is 200 Å². The number of methoxy groups -OCH3 is 1. The Morgan fingerprint density at radius 3 is 2.85 bits per heavy atom. The molecule has 174 valence electrons. The predicted octanol–water partition coefficient (Wildman–Crippen LogP) is 2.98. The van der Waals surface area contributed by atoms with E-state index < -0.39 is 0 Å². The molecular formula is C21H23Cl2N7O3. The highest BCUT2D eigenvalue weighted by Crippen LogP contribution is 2.42. The second-order valence-electron chi connectivity index (χ2n) is 7.31. The number of anilines is 1. The van der Waals surface area contributed by atoms with Crippen LogP contribution in [0.15, 0.2) is 30.6 Å². The van der Waals surface area contributed by atoms with Gasteiger partial charge in [0.15, 0.2) is 0 Å². The molecule has 2 aromatic heterocycles. The highest BCUT2D eigenvalue weighted by atomic mass is 35.5. The minimum atomic E-state index is -0.229. The van der Waals surface area contributed by atoms with Gasteiger partial charge in [-0.25, -0.2) is 14.8 Å². The van der Waals surface area contributed by atoms with Crippen LogP contribution in [-0.4, -0.2) is 57.5 Å². The van der Waals surface area contributed by atoms with E-state index in [0.29, 0.717) is 72.1 Å². The fraction of sp³-hybridized carbons (Fsp3) is 0.333. The smallest absolute Gasteiger partial charge is 0.318 e. The van der Waals surface area contributed by atoms with E-state index in [1.165, 1.54) is 0 Å². The normalized spacial score (nSPS) is 12.6. The average Bonchev–Trinajstić information content (AvgIpc) is 3.43. The highest BCUT2D eigenvalue weighted by molar-refractivity contribution is 6.37. The summed E-state index contributed by atoms with van der Waals surface area (Å²) in [5.74, 6) is 0.543. The maximum absolute atomic E-state index is 12.6. The van der Waals surface area contributed by atoms with Crippen LogP contribution >= 0.6 is 23.2 Å². The molecule has 0 saturated heterocycles. The molecule has 0 bridgehead atoms. The summed E-state index contributed by atoms with van der Waals surface area (Å²) in [5, 5.41) is 7.77. The first-order chi connectivity index (χ1) is 16.0. The molecule has 3 aromatic rings. The van der Waals surface area contributed by atoms with Gasteiger partial charge in [0, 0.05) is 36.6 Å². The molecule has 33 heavy (non-hydrogen) atoms. The maximum atomic E-state index is 12.6. The van der Waals surface area contributed by atoms with Crippen molar-refractivity contribution in [2.45, 2.75) is 19.6 Å². The average molecular weight is 492 g/mol. The van der Waals surface area contributed by atoms with Gasteiger partial charge in [-0.05, 0) is 18.2 Å². The Hall–Kier alpha value is -3.08. The molecule has 3 N–H and O–H groups in total. The second-order valence-corrected chi connectivity index (χ2v) is 8.16. The molecule has 0 radical (unpaired) electrons. The lowest BCUT2D eigenvalue weighted by Crippen LogP contribution is -2.38. The zero-order valence-corrected chi connectivity index (χ0v) is 19.4. The van der Waals surface area contributed by atoms with Gasteiger partial charge in [0.25, 0.3) is 0 Å². The summed E-state index contributed by atoms with van der Waals surface area (Å²) in [7, 11) is 1.58. The van der Waals surface area contributed by atoms with E-state index in [4.69, 9.17) is 38.4 Å². The predicted molar refractivity (Wildman–Crippen MR) is 124 cm³/mol. The molecule has 0 unspecified atom stereocenters. The largest absolute Gasteiger partial charge is 0.491 e. The third-order valence-corrected chi connectivity index (χ3v) is 5.58. The van der Waals surface area contributed by atoms with Crippen LogP contribution in [0.4, 0.5) is 10.7 Å². The van der Waals surface area contributed by atoms with Crippen LogP contribution < -0.4 is 15.8 Å². The second kappa shape index (κ2) is 10.2. The van der Waals surface area contributed by atoms with Crippen molar-refractivity contribution in [2.24, 2.45) is 0 Å². The molecule has 1 aliphatic rings. The van der Waals surface area contributed by atoms with Gasteiger partial charge in [-0.1, -0.05) is 23.2 Å². The fourth-order valence-corrected chi connectivity index (χ4v) is 4.14. The molecule has 3 heterocycles. The van der Waals surface area contributed by atoms with Gasteiger partial charge in [0.05, 0.1) is 48.2 Å². The number of amides is 2. The third kappa shape index (κ3) is 5.29. The minimum Gasteiger partial charge on any atom is -0.491 e. The van der Waals surface area contributed by atoms with E-state index in [1.807, 2.05) is 12.3 Å². The van der Waals surface area contributed by atoms with Crippen LogP contribution in [0.25, 0.3) is 11.3 Å². The van der Waals surface area contributed by atoms with Crippen molar-refractivity contribution >= 4 is 35.2 Å². The van der Waals surface area contributed by atoms with Crippen molar-refractivity contribution < 1.29 is 14.3 Å². The number of nitrogens with one attached hydrogen (secondary N) is 1. The zero-order valence-electron chi connectivity index (χ0n) is 17.9. The number of nitrogens with two attached hydrogens (primary N) is 1. The van der Waals surface area contributed by atoms with Crippen LogP contribution in [0, 0.1) is 0 Å². The van der Waals surface area contributed by atoms with Crippen LogP contribution in [0.3, 0.4) is 0 Å². The van der Waals surface area contributed by atoms with Crippen molar-refractivity contribution in [1.29, 1.82) is 0 Å². The van der Waals surface area contributed by atoms with E-state index in [9.17, 15) is 4.79 Å². The summed E-state index contributed by atoms with van der Waals surface area (Å²) >= 11 is 12.8. The number of aromatic nitrogens is 4.